The topological polar surface area (TPSA) is 39.1 Å². The fourth-order valence-corrected chi connectivity index (χ4v) is 3.50. The highest BCUT2D eigenvalue weighted by molar-refractivity contribution is 7.10. The van der Waals surface area contributed by atoms with Crippen molar-refractivity contribution in [2.45, 2.75) is 45.2 Å². The lowest BCUT2D eigenvalue weighted by molar-refractivity contribution is 0.415. The van der Waals surface area contributed by atoms with Crippen molar-refractivity contribution in [3.05, 3.63) is 34.3 Å². The van der Waals surface area contributed by atoms with Crippen molar-refractivity contribution in [2.75, 3.05) is 14.2 Å². The summed E-state index contributed by atoms with van der Waals surface area (Å²) < 4.78 is 7.38. The van der Waals surface area contributed by atoms with Gasteiger partial charge < -0.3 is 10.1 Å². The molecule has 116 valence electrons. The molecular weight excluding hydrogens is 282 g/mol. The van der Waals surface area contributed by atoms with E-state index in [1.165, 1.54) is 4.88 Å². The van der Waals surface area contributed by atoms with Gasteiger partial charge in [-0.3, -0.25) is 4.68 Å². The lowest BCUT2D eigenvalue weighted by Gasteiger charge is -2.14. The molecule has 0 fully saturated rings. The molecule has 0 aromatic carbocycles. The van der Waals surface area contributed by atoms with Gasteiger partial charge in [0, 0.05) is 28.9 Å². The average molecular weight is 307 g/mol. The van der Waals surface area contributed by atoms with Crippen LogP contribution in [-0.2, 0) is 6.42 Å². The molecule has 0 aliphatic heterocycles. The predicted molar refractivity (Wildman–Crippen MR) is 88.2 cm³/mol. The molecule has 2 rings (SSSR count). The van der Waals surface area contributed by atoms with E-state index < -0.39 is 0 Å². The molecular formula is C16H25N3OS. The van der Waals surface area contributed by atoms with Gasteiger partial charge in [-0.1, -0.05) is 13.8 Å². The minimum absolute atomic E-state index is 0.281. The Balaban J connectivity index is 2.08. The molecule has 4 nitrogen and oxygen atoms in total. The molecule has 2 aromatic rings. The van der Waals surface area contributed by atoms with E-state index in [4.69, 9.17) is 9.84 Å². The number of thiophene rings is 1. The number of hydrogen-bond acceptors (Lipinski definition) is 4. The van der Waals surface area contributed by atoms with Gasteiger partial charge in [0.15, 0.2) is 0 Å². The summed E-state index contributed by atoms with van der Waals surface area (Å²) >= 11 is 1.73. The lowest BCUT2D eigenvalue weighted by Crippen LogP contribution is -2.18. The number of aromatic nitrogens is 2. The van der Waals surface area contributed by atoms with E-state index in [2.05, 4.69) is 42.2 Å². The monoisotopic (exact) mass is 307 g/mol. The average Bonchev–Trinajstić information content (AvgIpc) is 3.15. The van der Waals surface area contributed by atoms with Crippen LogP contribution in [0.4, 0.5) is 0 Å². The second-order valence-corrected chi connectivity index (χ2v) is 6.13. The second-order valence-electron chi connectivity index (χ2n) is 5.19. The summed E-state index contributed by atoms with van der Waals surface area (Å²) in [5.74, 6) is 0.929. The van der Waals surface area contributed by atoms with Gasteiger partial charge in [-0.2, -0.15) is 5.10 Å². The van der Waals surface area contributed by atoms with Gasteiger partial charge >= 0.3 is 0 Å². The molecule has 21 heavy (non-hydrogen) atoms. The highest BCUT2D eigenvalue weighted by atomic mass is 32.1. The maximum atomic E-state index is 5.27. The summed E-state index contributed by atoms with van der Waals surface area (Å²) in [5, 5.41) is 10.2. The number of hydrogen-bond donors (Lipinski definition) is 1. The number of rotatable bonds is 8. The molecule has 0 aliphatic carbocycles. The number of ether oxygens (including phenoxy) is 1. The van der Waals surface area contributed by atoms with Crippen molar-refractivity contribution in [1.29, 1.82) is 0 Å². The van der Waals surface area contributed by atoms with Crippen LogP contribution in [0, 0.1) is 0 Å². The number of nitrogens with one attached hydrogen (secondary N) is 1. The highest BCUT2D eigenvalue weighted by Gasteiger charge is 2.15. The number of methoxy groups -OCH3 is 1. The molecule has 0 spiro atoms. The fraction of sp³-hybridized carbons (Fsp3) is 0.562. The van der Waals surface area contributed by atoms with Gasteiger partial charge in [-0.05, 0) is 32.0 Å². The minimum Gasteiger partial charge on any atom is -0.496 e. The Hall–Kier alpha value is -1.33. The predicted octanol–water partition coefficient (Wildman–Crippen LogP) is 3.82. The molecule has 0 aliphatic rings. The number of nitrogens with zero attached hydrogens (tertiary/aromatic N) is 2. The van der Waals surface area contributed by atoms with Gasteiger partial charge in [0.2, 0.25) is 0 Å². The van der Waals surface area contributed by atoms with Gasteiger partial charge in [-0.15, -0.1) is 11.3 Å². The second kappa shape index (κ2) is 7.61. The van der Waals surface area contributed by atoms with Crippen molar-refractivity contribution < 1.29 is 4.74 Å². The van der Waals surface area contributed by atoms with Crippen LogP contribution in [-0.4, -0.2) is 23.9 Å². The summed E-state index contributed by atoms with van der Waals surface area (Å²) in [6, 6.07) is 5.02. The van der Waals surface area contributed by atoms with E-state index >= 15 is 0 Å². The molecule has 0 bridgehead atoms. The van der Waals surface area contributed by atoms with Crippen molar-refractivity contribution in [3.8, 4) is 5.75 Å². The van der Waals surface area contributed by atoms with Crippen LogP contribution in [0.25, 0.3) is 0 Å². The quantitative estimate of drug-likeness (QED) is 0.806. The lowest BCUT2D eigenvalue weighted by atomic mass is 10.1. The van der Waals surface area contributed by atoms with Crippen LogP contribution < -0.4 is 10.1 Å². The third-order valence-corrected chi connectivity index (χ3v) is 4.94. The zero-order chi connectivity index (χ0) is 15.2. The first kappa shape index (κ1) is 16.0. The summed E-state index contributed by atoms with van der Waals surface area (Å²) in [7, 11) is 3.70. The molecule has 2 aromatic heterocycles. The van der Waals surface area contributed by atoms with Crippen LogP contribution in [0.2, 0.25) is 0 Å². The van der Waals surface area contributed by atoms with Gasteiger partial charge in [0.05, 0.1) is 18.8 Å². The Morgan fingerprint density at radius 1 is 1.38 bits per heavy atom. The summed E-state index contributed by atoms with van der Waals surface area (Å²) in [6.45, 7) is 4.42. The van der Waals surface area contributed by atoms with Crippen molar-refractivity contribution >= 4 is 11.3 Å². The minimum atomic E-state index is 0.281. The van der Waals surface area contributed by atoms with Crippen molar-refractivity contribution in [2.24, 2.45) is 0 Å². The Kier molecular flexibility index (Phi) is 5.82. The van der Waals surface area contributed by atoms with Crippen LogP contribution in [0.3, 0.4) is 0 Å². The molecule has 0 radical (unpaired) electrons. The van der Waals surface area contributed by atoms with E-state index in [-0.39, 0.29) is 6.04 Å². The Bertz CT molecular complexity index is 545. The smallest absolute Gasteiger partial charge is 0.129 e. The normalized spacial score (nSPS) is 12.8. The summed E-state index contributed by atoms with van der Waals surface area (Å²) in [4.78, 5) is 1.28. The maximum absolute atomic E-state index is 5.27. The molecule has 0 amide bonds. The summed E-state index contributed by atoms with van der Waals surface area (Å²) in [6.07, 6.45) is 5.24. The summed E-state index contributed by atoms with van der Waals surface area (Å²) in [5.41, 5.74) is 1.13. The van der Waals surface area contributed by atoms with E-state index in [1.54, 1.807) is 18.4 Å². The van der Waals surface area contributed by atoms with Gasteiger partial charge in [-0.25, -0.2) is 0 Å². The molecule has 2 heterocycles. The van der Waals surface area contributed by atoms with Crippen molar-refractivity contribution in [1.82, 2.24) is 15.1 Å². The molecule has 1 atom stereocenters. The Morgan fingerprint density at radius 2 is 2.14 bits per heavy atom. The van der Waals surface area contributed by atoms with Crippen molar-refractivity contribution in [3.63, 3.8) is 0 Å². The SMILES string of the molecule is CCC(CC)n1ccc(CC(NC)c2cc(OC)cs2)n1. The third-order valence-electron chi connectivity index (χ3n) is 3.92. The zero-order valence-electron chi connectivity index (χ0n) is 13.3. The van der Waals surface area contributed by atoms with Crippen LogP contribution in [0.1, 0.15) is 49.3 Å². The molecule has 5 heteroatoms. The van der Waals surface area contributed by atoms with Crippen LogP contribution in [0.5, 0.6) is 5.75 Å². The zero-order valence-corrected chi connectivity index (χ0v) is 14.1. The van der Waals surface area contributed by atoms with E-state index in [0.717, 1.165) is 30.7 Å². The van der Waals surface area contributed by atoms with Crippen LogP contribution >= 0.6 is 11.3 Å². The van der Waals surface area contributed by atoms with Gasteiger partial charge in [0.1, 0.15) is 5.75 Å². The highest BCUT2D eigenvalue weighted by Crippen LogP contribution is 2.28. The fourth-order valence-electron chi connectivity index (χ4n) is 2.53. The van der Waals surface area contributed by atoms with Gasteiger partial charge in [0.25, 0.3) is 0 Å². The van der Waals surface area contributed by atoms with E-state index in [9.17, 15) is 0 Å². The molecule has 1 unspecified atom stereocenters. The van der Waals surface area contributed by atoms with E-state index in [0.29, 0.717) is 6.04 Å². The first-order valence-corrected chi connectivity index (χ1v) is 8.43. The third kappa shape index (κ3) is 3.86. The Morgan fingerprint density at radius 3 is 2.71 bits per heavy atom. The Labute approximate surface area is 131 Å². The first-order chi connectivity index (χ1) is 10.2. The van der Waals surface area contributed by atoms with Crippen LogP contribution in [0.15, 0.2) is 23.7 Å². The molecule has 0 saturated heterocycles. The largest absolute Gasteiger partial charge is 0.496 e. The number of likely N-dealkylation sites (N-methyl/N-ethyl adjacent to an activating group) is 1. The maximum Gasteiger partial charge on any atom is 0.129 e. The first-order valence-electron chi connectivity index (χ1n) is 7.55. The van der Waals surface area contributed by atoms with E-state index in [1.807, 2.05) is 12.4 Å². The standard InChI is InChI=1S/C16H25N3OS/c1-5-13(6-2)19-8-7-12(18-19)9-15(17-3)16-10-14(20-4)11-21-16/h7-8,10-11,13,15,17H,5-6,9H2,1-4H3. The molecule has 0 saturated carbocycles. The molecule has 1 N–H and O–H groups in total.